The molecule has 3 aromatic rings. The van der Waals surface area contributed by atoms with E-state index in [-0.39, 0.29) is 4.90 Å². The molecule has 120 valence electrons. The number of aromatic nitrogens is 1. The van der Waals surface area contributed by atoms with Crippen LogP contribution < -0.4 is 9.46 Å². The standard InChI is InChI=1S/C16H16N2O4S/c1-10-6-15(21-3)16(7-11(10)2)23(19,20)18-12-4-5-14-13(8-12)17-9-22-14/h4-9,18H,1-3H3. The average molecular weight is 332 g/mol. The summed E-state index contributed by atoms with van der Waals surface area (Å²) >= 11 is 0. The molecule has 7 heteroatoms. The largest absolute Gasteiger partial charge is 0.495 e. The van der Waals surface area contributed by atoms with E-state index in [2.05, 4.69) is 9.71 Å². The van der Waals surface area contributed by atoms with Crippen molar-refractivity contribution in [3.63, 3.8) is 0 Å². The number of rotatable bonds is 4. The van der Waals surface area contributed by atoms with Crippen molar-refractivity contribution >= 4 is 26.8 Å². The van der Waals surface area contributed by atoms with E-state index in [1.54, 1.807) is 30.3 Å². The van der Waals surface area contributed by atoms with Crippen LogP contribution in [0.1, 0.15) is 11.1 Å². The van der Waals surface area contributed by atoms with Gasteiger partial charge in [0.2, 0.25) is 0 Å². The molecule has 0 aliphatic carbocycles. The van der Waals surface area contributed by atoms with Gasteiger partial charge in [0.1, 0.15) is 16.2 Å². The third kappa shape index (κ3) is 2.87. The molecule has 0 amide bonds. The van der Waals surface area contributed by atoms with Crippen molar-refractivity contribution in [2.24, 2.45) is 0 Å². The van der Waals surface area contributed by atoms with E-state index in [0.29, 0.717) is 22.5 Å². The number of fused-ring (bicyclic) bond motifs is 1. The summed E-state index contributed by atoms with van der Waals surface area (Å²) in [6.07, 6.45) is 1.31. The second-order valence-corrected chi connectivity index (χ2v) is 6.88. The van der Waals surface area contributed by atoms with E-state index in [9.17, 15) is 8.42 Å². The molecule has 2 aromatic carbocycles. The lowest BCUT2D eigenvalue weighted by atomic mass is 10.1. The molecule has 1 aromatic heterocycles. The zero-order valence-electron chi connectivity index (χ0n) is 13.0. The molecule has 0 bridgehead atoms. The Morgan fingerprint density at radius 2 is 1.87 bits per heavy atom. The molecule has 0 saturated heterocycles. The minimum Gasteiger partial charge on any atom is -0.495 e. The first-order chi connectivity index (χ1) is 10.9. The van der Waals surface area contributed by atoms with Crippen molar-refractivity contribution in [2.75, 3.05) is 11.8 Å². The summed E-state index contributed by atoms with van der Waals surface area (Å²) in [5.41, 5.74) is 3.42. The maximum Gasteiger partial charge on any atom is 0.265 e. The number of benzene rings is 2. The van der Waals surface area contributed by atoms with E-state index >= 15 is 0 Å². The van der Waals surface area contributed by atoms with Gasteiger partial charge in [0.05, 0.1) is 12.8 Å². The zero-order chi connectivity index (χ0) is 16.6. The Morgan fingerprint density at radius 1 is 1.13 bits per heavy atom. The second-order valence-electron chi connectivity index (χ2n) is 5.23. The summed E-state index contributed by atoms with van der Waals surface area (Å²) in [7, 11) is -2.33. The lowest BCUT2D eigenvalue weighted by molar-refractivity contribution is 0.402. The monoisotopic (exact) mass is 332 g/mol. The number of hydrogen-bond acceptors (Lipinski definition) is 5. The maximum absolute atomic E-state index is 12.7. The Hall–Kier alpha value is -2.54. The molecule has 0 spiro atoms. The molecule has 0 aliphatic rings. The lowest BCUT2D eigenvalue weighted by Crippen LogP contribution is -2.14. The fourth-order valence-electron chi connectivity index (χ4n) is 2.26. The van der Waals surface area contributed by atoms with Crippen molar-refractivity contribution in [1.29, 1.82) is 0 Å². The van der Waals surface area contributed by atoms with Gasteiger partial charge in [-0.15, -0.1) is 0 Å². The van der Waals surface area contributed by atoms with Gasteiger partial charge < -0.3 is 9.15 Å². The number of sulfonamides is 1. The van der Waals surface area contributed by atoms with Crippen molar-refractivity contribution < 1.29 is 17.6 Å². The lowest BCUT2D eigenvalue weighted by Gasteiger charge is -2.13. The van der Waals surface area contributed by atoms with Crippen LogP contribution in [0.5, 0.6) is 5.75 Å². The first-order valence-corrected chi connectivity index (χ1v) is 8.40. The van der Waals surface area contributed by atoms with E-state index in [0.717, 1.165) is 11.1 Å². The first-order valence-electron chi connectivity index (χ1n) is 6.92. The van der Waals surface area contributed by atoms with Crippen LogP contribution in [0, 0.1) is 13.8 Å². The normalized spacial score (nSPS) is 11.6. The fraction of sp³-hybridized carbons (Fsp3) is 0.188. The van der Waals surface area contributed by atoms with Crippen molar-refractivity contribution in [3.8, 4) is 5.75 Å². The fourth-order valence-corrected chi connectivity index (χ4v) is 3.55. The summed E-state index contributed by atoms with van der Waals surface area (Å²) in [6, 6.07) is 8.22. The summed E-state index contributed by atoms with van der Waals surface area (Å²) < 4.78 is 38.3. The SMILES string of the molecule is COc1cc(C)c(C)cc1S(=O)(=O)Nc1ccc2ocnc2c1. The summed E-state index contributed by atoms with van der Waals surface area (Å²) in [5, 5.41) is 0. The average Bonchev–Trinajstić information content (AvgIpc) is 2.96. The minimum absolute atomic E-state index is 0.100. The van der Waals surface area contributed by atoms with Crippen molar-refractivity contribution in [1.82, 2.24) is 4.98 Å². The number of ether oxygens (including phenoxy) is 1. The molecule has 0 saturated carbocycles. The highest BCUT2D eigenvalue weighted by Gasteiger charge is 2.21. The van der Waals surface area contributed by atoms with Crippen LogP contribution in [-0.4, -0.2) is 20.5 Å². The van der Waals surface area contributed by atoms with Gasteiger partial charge in [-0.05, 0) is 55.3 Å². The Morgan fingerprint density at radius 3 is 2.61 bits per heavy atom. The Bertz CT molecular complexity index is 977. The third-order valence-electron chi connectivity index (χ3n) is 3.65. The first kappa shape index (κ1) is 15.4. The molecule has 0 fully saturated rings. The number of anilines is 1. The highest BCUT2D eigenvalue weighted by Crippen LogP contribution is 2.29. The van der Waals surface area contributed by atoms with Gasteiger partial charge >= 0.3 is 0 Å². The number of nitrogens with zero attached hydrogens (tertiary/aromatic N) is 1. The van der Waals surface area contributed by atoms with Gasteiger partial charge in [0.15, 0.2) is 12.0 Å². The molecule has 0 radical (unpaired) electrons. The van der Waals surface area contributed by atoms with Crippen LogP contribution in [0.25, 0.3) is 11.1 Å². The van der Waals surface area contributed by atoms with Crippen molar-refractivity contribution in [2.45, 2.75) is 18.7 Å². The molecule has 3 rings (SSSR count). The van der Waals surface area contributed by atoms with Gasteiger partial charge in [-0.3, -0.25) is 4.72 Å². The Labute approximate surface area is 134 Å². The molecule has 1 N–H and O–H groups in total. The summed E-state index contributed by atoms with van der Waals surface area (Å²) in [6.45, 7) is 3.76. The van der Waals surface area contributed by atoms with E-state index < -0.39 is 10.0 Å². The molecule has 23 heavy (non-hydrogen) atoms. The van der Waals surface area contributed by atoms with E-state index in [1.807, 2.05) is 13.8 Å². The van der Waals surface area contributed by atoms with Gasteiger partial charge in [-0.1, -0.05) is 0 Å². The van der Waals surface area contributed by atoms with Crippen LogP contribution in [0.15, 0.2) is 46.0 Å². The number of oxazole rings is 1. The molecular weight excluding hydrogens is 316 g/mol. The number of hydrogen-bond donors (Lipinski definition) is 1. The van der Waals surface area contributed by atoms with Crippen LogP contribution in [0.2, 0.25) is 0 Å². The van der Waals surface area contributed by atoms with E-state index in [4.69, 9.17) is 9.15 Å². The van der Waals surface area contributed by atoms with E-state index in [1.165, 1.54) is 13.5 Å². The second kappa shape index (κ2) is 5.58. The molecular formula is C16H16N2O4S. The quantitative estimate of drug-likeness (QED) is 0.793. The highest BCUT2D eigenvalue weighted by atomic mass is 32.2. The molecule has 0 aliphatic heterocycles. The minimum atomic E-state index is -3.78. The molecule has 0 atom stereocenters. The highest BCUT2D eigenvalue weighted by molar-refractivity contribution is 7.92. The van der Waals surface area contributed by atoms with Crippen LogP contribution in [-0.2, 0) is 10.0 Å². The van der Waals surface area contributed by atoms with Gasteiger partial charge in [-0.2, -0.15) is 0 Å². The number of nitrogens with one attached hydrogen (secondary N) is 1. The van der Waals surface area contributed by atoms with Gasteiger partial charge in [0, 0.05) is 0 Å². The predicted molar refractivity (Wildman–Crippen MR) is 87.3 cm³/mol. The molecule has 6 nitrogen and oxygen atoms in total. The number of aryl methyl sites for hydroxylation is 2. The number of methoxy groups -OCH3 is 1. The van der Waals surface area contributed by atoms with Crippen molar-refractivity contribution in [3.05, 3.63) is 47.9 Å². The molecule has 1 heterocycles. The third-order valence-corrected chi connectivity index (χ3v) is 5.05. The van der Waals surface area contributed by atoms with Crippen LogP contribution >= 0.6 is 0 Å². The zero-order valence-corrected chi connectivity index (χ0v) is 13.8. The van der Waals surface area contributed by atoms with Gasteiger partial charge in [-0.25, -0.2) is 13.4 Å². The Kier molecular flexibility index (Phi) is 3.73. The topological polar surface area (TPSA) is 81.4 Å². The summed E-state index contributed by atoms with van der Waals surface area (Å²) in [5.74, 6) is 0.308. The smallest absolute Gasteiger partial charge is 0.265 e. The maximum atomic E-state index is 12.7. The molecule has 0 unspecified atom stereocenters. The van der Waals surface area contributed by atoms with Crippen LogP contribution in [0.4, 0.5) is 5.69 Å². The van der Waals surface area contributed by atoms with Gasteiger partial charge in [0.25, 0.3) is 10.0 Å². The summed E-state index contributed by atoms with van der Waals surface area (Å²) in [4.78, 5) is 4.12. The predicted octanol–water partition coefficient (Wildman–Crippen LogP) is 3.25. The Balaban J connectivity index is 2.02. The van der Waals surface area contributed by atoms with Crippen LogP contribution in [0.3, 0.4) is 0 Å².